The summed E-state index contributed by atoms with van der Waals surface area (Å²) in [5.41, 5.74) is 8.26. The Bertz CT molecular complexity index is 560. The molecule has 94 valence electrons. The molecular formula is C14H16N2OS. The van der Waals surface area contributed by atoms with Crippen molar-refractivity contribution < 1.29 is 4.74 Å². The van der Waals surface area contributed by atoms with Crippen molar-refractivity contribution in [1.29, 1.82) is 0 Å². The normalized spacial score (nSPS) is 16.6. The van der Waals surface area contributed by atoms with Gasteiger partial charge in [-0.3, -0.25) is 0 Å². The Morgan fingerprint density at radius 3 is 3.00 bits per heavy atom. The van der Waals surface area contributed by atoms with Gasteiger partial charge in [0.1, 0.15) is 5.75 Å². The van der Waals surface area contributed by atoms with E-state index in [1.807, 2.05) is 18.2 Å². The maximum Gasteiger partial charge on any atom is 0.119 e. The van der Waals surface area contributed by atoms with E-state index in [2.05, 4.69) is 16.4 Å². The predicted molar refractivity (Wildman–Crippen MR) is 74.0 cm³/mol. The van der Waals surface area contributed by atoms with Crippen LogP contribution in [0.1, 0.15) is 17.8 Å². The second-order valence-corrected chi connectivity index (χ2v) is 5.84. The highest BCUT2D eigenvalue weighted by molar-refractivity contribution is 7.10. The second kappa shape index (κ2) is 4.37. The third-order valence-electron chi connectivity index (χ3n) is 3.31. The van der Waals surface area contributed by atoms with Crippen molar-refractivity contribution >= 4 is 11.3 Å². The van der Waals surface area contributed by atoms with Crippen LogP contribution in [0.5, 0.6) is 5.75 Å². The monoisotopic (exact) mass is 260 g/mol. The van der Waals surface area contributed by atoms with Crippen LogP contribution in [0.25, 0.3) is 11.3 Å². The van der Waals surface area contributed by atoms with Crippen LogP contribution in [0, 0.1) is 0 Å². The predicted octanol–water partition coefficient (Wildman–Crippen LogP) is 2.85. The Hall–Kier alpha value is -1.39. The van der Waals surface area contributed by atoms with Gasteiger partial charge < -0.3 is 10.5 Å². The molecule has 0 atom stereocenters. The average Bonchev–Trinajstić information content (AvgIpc) is 2.92. The van der Waals surface area contributed by atoms with Gasteiger partial charge in [-0.15, -0.1) is 11.3 Å². The lowest BCUT2D eigenvalue weighted by molar-refractivity contribution is 0.415. The van der Waals surface area contributed by atoms with Gasteiger partial charge in [0.2, 0.25) is 0 Å². The van der Waals surface area contributed by atoms with Crippen LogP contribution >= 0.6 is 11.3 Å². The van der Waals surface area contributed by atoms with Gasteiger partial charge in [0, 0.05) is 22.9 Å². The van der Waals surface area contributed by atoms with Crippen LogP contribution in [-0.2, 0) is 6.42 Å². The number of ether oxygens (including phenoxy) is 1. The number of hydrogen-bond donors (Lipinski definition) is 1. The van der Waals surface area contributed by atoms with Crippen molar-refractivity contribution in [3.8, 4) is 17.0 Å². The average molecular weight is 260 g/mol. The van der Waals surface area contributed by atoms with Gasteiger partial charge in [0.05, 0.1) is 17.8 Å². The summed E-state index contributed by atoms with van der Waals surface area (Å²) in [6.07, 6.45) is 3.16. The second-order valence-electron chi connectivity index (χ2n) is 4.90. The Balaban J connectivity index is 1.83. The molecule has 1 heterocycles. The number of rotatable bonds is 4. The van der Waals surface area contributed by atoms with Crippen LogP contribution in [0.4, 0.5) is 0 Å². The van der Waals surface area contributed by atoms with Gasteiger partial charge in [-0.05, 0) is 25.0 Å². The van der Waals surface area contributed by atoms with Gasteiger partial charge in [-0.1, -0.05) is 12.1 Å². The van der Waals surface area contributed by atoms with E-state index in [1.54, 1.807) is 18.4 Å². The number of thiazole rings is 1. The Labute approximate surface area is 111 Å². The van der Waals surface area contributed by atoms with Crippen molar-refractivity contribution in [2.24, 2.45) is 5.73 Å². The summed E-state index contributed by atoms with van der Waals surface area (Å²) in [4.78, 5) is 4.66. The molecule has 0 radical (unpaired) electrons. The van der Waals surface area contributed by atoms with E-state index >= 15 is 0 Å². The zero-order valence-corrected chi connectivity index (χ0v) is 11.2. The van der Waals surface area contributed by atoms with Crippen molar-refractivity contribution in [3.05, 3.63) is 34.7 Å². The molecule has 1 saturated carbocycles. The summed E-state index contributed by atoms with van der Waals surface area (Å²) in [6.45, 7) is 0. The molecule has 1 aliphatic carbocycles. The summed E-state index contributed by atoms with van der Waals surface area (Å²) in [5, 5.41) is 3.23. The lowest BCUT2D eigenvalue weighted by atomic mass is 10.1. The highest BCUT2D eigenvalue weighted by atomic mass is 32.1. The fourth-order valence-electron chi connectivity index (χ4n) is 1.95. The summed E-state index contributed by atoms with van der Waals surface area (Å²) >= 11 is 1.69. The van der Waals surface area contributed by atoms with E-state index in [1.165, 1.54) is 0 Å². The molecule has 0 saturated heterocycles. The van der Waals surface area contributed by atoms with Crippen LogP contribution in [0.15, 0.2) is 29.6 Å². The summed E-state index contributed by atoms with van der Waals surface area (Å²) in [7, 11) is 1.68. The van der Waals surface area contributed by atoms with E-state index in [4.69, 9.17) is 10.5 Å². The van der Waals surface area contributed by atoms with Gasteiger partial charge in [0.25, 0.3) is 0 Å². The molecule has 4 heteroatoms. The third-order valence-corrected chi connectivity index (χ3v) is 4.16. The fraction of sp³-hybridized carbons (Fsp3) is 0.357. The SMILES string of the molecule is COc1cccc(-c2csc(CC3(N)CC3)n2)c1. The molecule has 0 amide bonds. The minimum absolute atomic E-state index is 0.0313. The molecule has 2 aromatic rings. The molecule has 3 nitrogen and oxygen atoms in total. The molecule has 1 fully saturated rings. The quantitative estimate of drug-likeness (QED) is 0.919. The largest absolute Gasteiger partial charge is 0.497 e. The molecule has 3 rings (SSSR count). The lowest BCUT2D eigenvalue weighted by Gasteiger charge is -2.04. The van der Waals surface area contributed by atoms with E-state index in [0.717, 1.165) is 41.3 Å². The van der Waals surface area contributed by atoms with Crippen molar-refractivity contribution in [2.45, 2.75) is 24.8 Å². The van der Waals surface area contributed by atoms with E-state index < -0.39 is 0 Å². The topological polar surface area (TPSA) is 48.1 Å². The number of benzene rings is 1. The molecule has 0 unspecified atom stereocenters. The standard InChI is InChI=1S/C14H16N2OS/c1-17-11-4-2-3-10(7-11)12-9-18-13(16-12)8-14(15)5-6-14/h2-4,7,9H,5-6,8,15H2,1H3. The molecular weight excluding hydrogens is 244 g/mol. The molecule has 0 spiro atoms. The molecule has 1 aromatic carbocycles. The Kier molecular flexibility index (Phi) is 2.84. The van der Waals surface area contributed by atoms with E-state index in [0.29, 0.717) is 0 Å². The highest BCUT2D eigenvalue weighted by Crippen LogP contribution is 2.37. The van der Waals surface area contributed by atoms with Gasteiger partial charge >= 0.3 is 0 Å². The lowest BCUT2D eigenvalue weighted by Crippen LogP contribution is -2.24. The van der Waals surface area contributed by atoms with Crippen molar-refractivity contribution in [1.82, 2.24) is 4.98 Å². The Morgan fingerprint density at radius 1 is 1.44 bits per heavy atom. The van der Waals surface area contributed by atoms with Gasteiger partial charge in [-0.2, -0.15) is 0 Å². The number of methoxy groups -OCH3 is 1. The molecule has 0 bridgehead atoms. The first-order valence-corrected chi connectivity index (χ1v) is 6.94. The van der Waals surface area contributed by atoms with E-state index in [-0.39, 0.29) is 5.54 Å². The summed E-state index contributed by atoms with van der Waals surface area (Å²) in [5.74, 6) is 0.861. The van der Waals surface area contributed by atoms with Crippen LogP contribution in [0.3, 0.4) is 0 Å². The number of hydrogen-bond acceptors (Lipinski definition) is 4. The minimum Gasteiger partial charge on any atom is -0.497 e. The highest BCUT2D eigenvalue weighted by Gasteiger charge is 2.38. The molecule has 18 heavy (non-hydrogen) atoms. The molecule has 0 aliphatic heterocycles. The number of nitrogens with two attached hydrogens (primary N) is 1. The molecule has 2 N–H and O–H groups in total. The first-order chi connectivity index (χ1) is 8.68. The Morgan fingerprint density at radius 2 is 2.28 bits per heavy atom. The van der Waals surface area contributed by atoms with Crippen molar-refractivity contribution in [3.63, 3.8) is 0 Å². The van der Waals surface area contributed by atoms with Gasteiger partial charge in [0.15, 0.2) is 0 Å². The molecule has 1 aromatic heterocycles. The smallest absolute Gasteiger partial charge is 0.119 e. The maximum absolute atomic E-state index is 6.12. The fourth-order valence-corrected chi connectivity index (χ4v) is 2.90. The minimum atomic E-state index is 0.0313. The summed E-state index contributed by atoms with van der Waals surface area (Å²) < 4.78 is 5.23. The van der Waals surface area contributed by atoms with Crippen molar-refractivity contribution in [2.75, 3.05) is 7.11 Å². The zero-order chi connectivity index (χ0) is 12.6. The summed E-state index contributed by atoms with van der Waals surface area (Å²) in [6, 6.07) is 7.99. The van der Waals surface area contributed by atoms with Crippen LogP contribution in [-0.4, -0.2) is 17.6 Å². The molecule has 1 aliphatic rings. The third kappa shape index (κ3) is 2.40. The zero-order valence-electron chi connectivity index (χ0n) is 10.3. The van der Waals surface area contributed by atoms with Gasteiger partial charge in [-0.25, -0.2) is 4.98 Å². The maximum atomic E-state index is 6.12. The van der Waals surface area contributed by atoms with Crippen LogP contribution < -0.4 is 10.5 Å². The first kappa shape index (κ1) is 11.7. The number of nitrogens with zero attached hydrogens (tertiary/aromatic N) is 1. The van der Waals surface area contributed by atoms with Crippen LogP contribution in [0.2, 0.25) is 0 Å². The number of aromatic nitrogens is 1. The van der Waals surface area contributed by atoms with E-state index in [9.17, 15) is 0 Å². The first-order valence-electron chi connectivity index (χ1n) is 6.06.